The van der Waals surface area contributed by atoms with Gasteiger partial charge in [-0.05, 0) is 60.2 Å². The number of nitrogens with one attached hydrogen (secondary N) is 1. The second-order valence-corrected chi connectivity index (χ2v) is 9.97. The molecule has 4 rings (SSSR count). The van der Waals surface area contributed by atoms with Crippen molar-refractivity contribution in [2.75, 3.05) is 38.0 Å². The van der Waals surface area contributed by atoms with E-state index in [2.05, 4.69) is 26.0 Å². The molecular weight excluding hydrogens is 512 g/mol. The third-order valence-corrected chi connectivity index (χ3v) is 7.10. The van der Waals surface area contributed by atoms with Crippen LogP contribution >= 0.6 is 0 Å². The minimum atomic E-state index is -0.913. The quantitative estimate of drug-likeness (QED) is 0.181. The number of hydrogen-bond acceptors (Lipinski definition) is 9. The van der Waals surface area contributed by atoms with Crippen molar-refractivity contribution in [1.29, 1.82) is 0 Å². The number of nitrogens with zero attached hydrogens (tertiary/aromatic N) is 6. The number of nitrogens with two attached hydrogens (primary N) is 1. The lowest BCUT2D eigenvalue weighted by molar-refractivity contribution is -0.127. The van der Waals surface area contributed by atoms with E-state index < -0.39 is 12.2 Å². The number of benzene rings is 2. The highest BCUT2D eigenvalue weighted by molar-refractivity contribution is 5.99. The van der Waals surface area contributed by atoms with Crippen LogP contribution in [-0.2, 0) is 4.79 Å². The van der Waals surface area contributed by atoms with Gasteiger partial charge in [0, 0.05) is 49.4 Å². The second kappa shape index (κ2) is 13.5. The van der Waals surface area contributed by atoms with Gasteiger partial charge in [-0.3, -0.25) is 9.59 Å². The molecule has 2 aliphatic rings. The molecule has 210 valence electrons. The SMILES string of the molecule is CCCN(CC(CN=O)N=O)C(=O)C1=Cc2ccc(-c3ccc(C(=O)N4CCCC4)cc3)cc2NC(N=NN)C1. The summed E-state index contributed by atoms with van der Waals surface area (Å²) in [6.07, 6.45) is 4.15. The summed E-state index contributed by atoms with van der Waals surface area (Å²) in [5, 5.41) is 16.6. The summed E-state index contributed by atoms with van der Waals surface area (Å²) in [5.74, 6) is 5.14. The zero-order valence-corrected chi connectivity index (χ0v) is 22.5. The number of fused-ring (bicyclic) bond motifs is 1. The van der Waals surface area contributed by atoms with Crippen molar-refractivity contribution in [2.45, 2.75) is 44.8 Å². The molecule has 12 heteroatoms. The smallest absolute Gasteiger partial charge is 0.253 e. The number of anilines is 1. The lowest BCUT2D eigenvalue weighted by Crippen LogP contribution is -2.39. The van der Waals surface area contributed by atoms with Crippen LogP contribution in [0.3, 0.4) is 0 Å². The van der Waals surface area contributed by atoms with Crippen LogP contribution < -0.4 is 11.2 Å². The Kier molecular flexibility index (Phi) is 9.66. The second-order valence-electron chi connectivity index (χ2n) is 9.97. The van der Waals surface area contributed by atoms with Gasteiger partial charge in [0.15, 0.2) is 0 Å². The topological polar surface area (TPSA) is 162 Å². The largest absolute Gasteiger partial charge is 0.361 e. The monoisotopic (exact) mass is 546 g/mol. The van der Waals surface area contributed by atoms with Crippen LogP contribution in [0, 0.1) is 9.81 Å². The lowest BCUT2D eigenvalue weighted by Gasteiger charge is -2.25. The Morgan fingerprint density at radius 2 is 1.82 bits per heavy atom. The first-order valence-corrected chi connectivity index (χ1v) is 13.5. The minimum absolute atomic E-state index is 0.00217. The molecule has 2 atom stereocenters. The molecule has 0 radical (unpaired) electrons. The molecule has 2 aliphatic heterocycles. The maximum Gasteiger partial charge on any atom is 0.253 e. The van der Waals surface area contributed by atoms with Crippen LogP contribution in [0.25, 0.3) is 17.2 Å². The first kappa shape index (κ1) is 28.5. The van der Waals surface area contributed by atoms with Gasteiger partial charge in [0.25, 0.3) is 5.91 Å². The molecule has 12 nitrogen and oxygen atoms in total. The van der Waals surface area contributed by atoms with Crippen LogP contribution in [0.1, 0.15) is 48.5 Å². The first-order valence-electron chi connectivity index (χ1n) is 13.5. The molecule has 40 heavy (non-hydrogen) atoms. The Balaban J connectivity index is 1.61. The van der Waals surface area contributed by atoms with E-state index in [1.165, 1.54) is 4.90 Å². The maximum atomic E-state index is 13.6. The lowest BCUT2D eigenvalue weighted by atomic mass is 10.00. The van der Waals surface area contributed by atoms with Crippen molar-refractivity contribution in [3.8, 4) is 11.1 Å². The molecular formula is C28H34N8O4. The number of amides is 2. The molecule has 1 fully saturated rings. The standard InChI is InChI=1S/C28H34N8O4/c1-2-11-36(18-24(33-40)17-30-39)28(38)23-14-22-10-9-21(15-25(22)31-26(16-23)32-34-29)19-5-7-20(8-6-19)27(37)35-12-3-4-13-35/h5-10,14-15,24,26,31H,2-4,11-13,16-18H2,1H3,(H2,29,32). The molecule has 3 N–H and O–H groups in total. The van der Waals surface area contributed by atoms with Crippen molar-refractivity contribution in [3.05, 3.63) is 69.0 Å². The van der Waals surface area contributed by atoms with Gasteiger partial charge in [0.2, 0.25) is 5.91 Å². The number of nitroso groups, excluding NO2 is 2. The molecule has 1 saturated heterocycles. The van der Waals surface area contributed by atoms with Crippen LogP contribution in [0.4, 0.5) is 5.69 Å². The average molecular weight is 547 g/mol. The molecule has 2 amide bonds. The van der Waals surface area contributed by atoms with Gasteiger partial charge in [-0.25, -0.2) is 0 Å². The summed E-state index contributed by atoms with van der Waals surface area (Å²) in [6, 6.07) is 12.5. The number of carbonyl (C=O) groups excluding carboxylic acids is 2. The van der Waals surface area contributed by atoms with Gasteiger partial charge < -0.3 is 21.0 Å². The highest BCUT2D eigenvalue weighted by Gasteiger charge is 2.27. The molecule has 2 aromatic carbocycles. The van der Waals surface area contributed by atoms with Crippen LogP contribution in [0.15, 0.2) is 68.7 Å². The molecule has 2 heterocycles. The fourth-order valence-electron chi connectivity index (χ4n) is 5.09. The summed E-state index contributed by atoms with van der Waals surface area (Å²) in [5.41, 5.74) is 4.51. The fourth-order valence-corrected chi connectivity index (χ4v) is 5.09. The van der Waals surface area contributed by atoms with E-state index in [0.717, 1.165) is 48.3 Å². The first-order chi connectivity index (χ1) is 19.5. The molecule has 0 aliphatic carbocycles. The Morgan fingerprint density at radius 1 is 1.10 bits per heavy atom. The van der Waals surface area contributed by atoms with Crippen molar-refractivity contribution in [1.82, 2.24) is 9.80 Å². The molecule has 0 spiro atoms. The summed E-state index contributed by atoms with van der Waals surface area (Å²) in [7, 11) is 0. The number of carbonyl (C=O) groups is 2. The molecule has 0 saturated carbocycles. The van der Waals surface area contributed by atoms with E-state index in [4.69, 9.17) is 5.84 Å². The van der Waals surface area contributed by atoms with Crippen molar-refractivity contribution < 1.29 is 9.59 Å². The average Bonchev–Trinajstić information content (AvgIpc) is 3.45. The fraction of sp³-hybridized carbons (Fsp3) is 0.429. The normalized spacial score (nSPS) is 17.4. The third kappa shape index (κ3) is 6.74. The van der Waals surface area contributed by atoms with Gasteiger partial charge in [-0.2, -0.15) is 9.81 Å². The van der Waals surface area contributed by atoms with E-state index in [-0.39, 0.29) is 31.3 Å². The van der Waals surface area contributed by atoms with Gasteiger partial charge in [0.1, 0.15) is 18.8 Å². The Labute approximate surface area is 232 Å². The van der Waals surface area contributed by atoms with E-state index in [9.17, 15) is 19.4 Å². The molecule has 0 bridgehead atoms. The van der Waals surface area contributed by atoms with E-state index in [0.29, 0.717) is 24.1 Å². The predicted octanol–water partition coefficient (Wildman–Crippen LogP) is 4.58. The van der Waals surface area contributed by atoms with Gasteiger partial charge in [-0.1, -0.05) is 46.8 Å². The van der Waals surface area contributed by atoms with Gasteiger partial charge in [-0.15, -0.1) is 5.11 Å². The number of hydrogen-bond donors (Lipinski definition) is 2. The van der Waals surface area contributed by atoms with Crippen LogP contribution in [0.2, 0.25) is 0 Å². The van der Waals surface area contributed by atoms with Crippen LogP contribution in [0.5, 0.6) is 0 Å². The van der Waals surface area contributed by atoms with Crippen molar-refractivity contribution in [3.63, 3.8) is 0 Å². The summed E-state index contributed by atoms with van der Waals surface area (Å²) in [4.78, 5) is 51.6. The van der Waals surface area contributed by atoms with Crippen LogP contribution in [-0.4, -0.2) is 66.5 Å². The third-order valence-electron chi connectivity index (χ3n) is 7.10. The van der Waals surface area contributed by atoms with Crippen molar-refractivity contribution in [2.24, 2.45) is 26.5 Å². The Bertz CT molecular complexity index is 1290. The summed E-state index contributed by atoms with van der Waals surface area (Å²) < 4.78 is 0. The highest BCUT2D eigenvalue weighted by Crippen LogP contribution is 2.32. The zero-order valence-electron chi connectivity index (χ0n) is 22.5. The van der Waals surface area contributed by atoms with E-state index >= 15 is 0 Å². The van der Waals surface area contributed by atoms with Gasteiger partial charge in [0.05, 0.1) is 0 Å². The van der Waals surface area contributed by atoms with E-state index in [1.54, 1.807) is 6.08 Å². The zero-order chi connectivity index (χ0) is 28.5. The van der Waals surface area contributed by atoms with Gasteiger partial charge >= 0.3 is 0 Å². The maximum absolute atomic E-state index is 13.6. The van der Waals surface area contributed by atoms with Crippen molar-refractivity contribution >= 4 is 23.6 Å². The summed E-state index contributed by atoms with van der Waals surface area (Å²) >= 11 is 0. The number of rotatable bonds is 11. The molecule has 2 aromatic rings. The van der Waals surface area contributed by atoms with E-state index in [1.807, 2.05) is 54.3 Å². The molecule has 0 aromatic heterocycles. The Hall–Kier alpha value is -4.48. The minimum Gasteiger partial charge on any atom is -0.361 e. The predicted molar refractivity (Wildman–Crippen MR) is 153 cm³/mol. The molecule has 2 unspecified atom stereocenters. The number of likely N-dealkylation sites (tertiary alicyclic amines) is 1. The summed E-state index contributed by atoms with van der Waals surface area (Å²) in [6.45, 7) is 3.62. The highest BCUT2D eigenvalue weighted by atomic mass is 16.3. The Morgan fingerprint density at radius 3 is 2.48 bits per heavy atom.